The monoisotopic (exact) mass is 525 g/mol. The van der Waals surface area contributed by atoms with Crippen LogP contribution in [-0.2, 0) is 0 Å². The molecule has 0 N–H and O–H groups in total. The van der Waals surface area contributed by atoms with Crippen molar-refractivity contribution in [3.8, 4) is 11.5 Å². The van der Waals surface area contributed by atoms with Crippen molar-refractivity contribution in [1.29, 1.82) is 0 Å². The van der Waals surface area contributed by atoms with Gasteiger partial charge in [-0.25, -0.2) is 4.98 Å². The van der Waals surface area contributed by atoms with Crippen molar-refractivity contribution in [2.24, 2.45) is 0 Å². The number of ether oxygens (including phenoxy) is 2. The molecule has 0 saturated carbocycles. The first kappa shape index (κ1) is 23.8. The molecule has 0 aliphatic carbocycles. The van der Waals surface area contributed by atoms with Crippen molar-refractivity contribution in [2.45, 2.75) is 13.8 Å². The van der Waals surface area contributed by atoms with Gasteiger partial charge in [-0.2, -0.15) is 0 Å². The number of benzene rings is 2. The highest BCUT2D eigenvalue weighted by Crippen LogP contribution is 2.39. The number of rotatable bonds is 7. The van der Waals surface area contributed by atoms with Crippen LogP contribution < -0.4 is 14.4 Å². The fourth-order valence-corrected chi connectivity index (χ4v) is 4.81. The second-order valence-electron chi connectivity index (χ2n) is 6.95. The summed E-state index contributed by atoms with van der Waals surface area (Å²) in [6, 6.07) is 11.3. The topological polar surface area (TPSA) is 54.9 Å². The number of hydrogen-bond donors (Lipinski definition) is 0. The van der Waals surface area contributed by atoms with Gasteiger partial charge < -0.3 is 14.4 Å². The van der Waals surface area contributed by atoms with E-state index in [4.69, 9.17) is 14.5 Å². The molecular weight excluding hydrogens is 502 g/mol. The molecule has 0 radical (unpaired) electrons. The van der Waals surface area contributed by atoms with E-state index in [1.807, 2.05) is 36.4 Å². The third-order valence-electron chi connectivity index (χ3n) is 5.12. The van der Waals surface area contributed by atoms with Crippen LogP contribution in [0.3, 0.4) is 0 Å². The summed E-state index contributed by atoms with van der Waals surface area (Å²) >= 11 is 4.97. The zero-order chi connectivity index (χ0) is 21.1. The van der Waals surface area contributed by atoms with Crippen LogP contribution in [0.5, 0.6) is 11.5 Å². The Hall–Kier alpha value is -1.87. The highest BCUT2D eigenvalue weighted by molar-refractivity contribution is 9.10. The Morgan fingerprint density at radius 2 is 1.81 bits per heavy atom. The van der Waals surface area contributed by atoms with Crippen LogP contribution in [0.15, 0.2) is 40.9 Å². The van der Waals surface area contributed by atoms with Crippen LogP contribution >= 0.6 is 39.7 Å². The number of aromatic nitrogens is 1. The number of carbonyl (C=O) groups excluding carboxylic acids is 1. The maximum absolute atomic E-state index is 13.4. The number of halogens is 2. The van der Waals surface area contributed by atoms with E-state index in [0.29, 0.717) is 36.2 Å². The maximum atomic E-state index is 13.4. The predicted octanol–water partition coefficient (Wildman–Crippen LogP) is 5.24. The molecule has 0 fully saturated rings. The minimum absolute atomic E-state index is 0. The summed E-state index contributed by atoms with van der Waals surface area (Å²) in [6.07, 6.45) is 0. The van der Waals surface area contributed by atoms with E-state index in [-0.39, 0.29) is 18.3 Å². The average molecular weight is 527 g/mol. The Bertz CT molecular complexity index is 1010. The van der Waals surface area contributed by atoms with Crippen LogP contribution in [0.2, 0.25) is 0 Å². The van der Waals surface area contributed by atoms with Crippen LogP contribution in [0.25, 0.3) is 10.2 Å². The van der Waals surface area contributed by atoms with Gasteiger partial charge in [0.15, 0.2) is 16.6 Å². The molecule has 0 bridgehead atoms. The maximum Gasteiger partial charge on any atom is 0.260 e. The third-order valence-corrected chi connectivity index (χ3v) is 6.66. The van der Waals surface area contributed by atoms with E-state index in [1.165, 1.54) is 11.3 Å². The average Bonchev–Trinajstić information content (AvgIpc) is 3.17. The number of anilines is 1. The predicted molar refractivity (Wildman–Crippen MR) is 131 cm³/mol. The van der Waals surface area contributed by atoms with Crippen molar-refractivity contribution in [2.75, 3.05) is 44.3 Å². The summed E-state index contributed by atoms with van der Waals surface area (Å²) in [6.45, 7) is 8.57. The number of carbonyl (C=O) groups is 1. The highest BCUT2D eigenvalue weighted by atomic mass is 79.9. The van der Waals surface area contributed by atoms with Gasteiger partial charge in [0.2, 0.25) is 0 Å². The molecule has 31 heavy (non-hydrogen) atoms. The third kappa shape index (κ3) is 5.31. The normalized spacial score (nSPS) is 12.6. The number of thiazole rings is 1. The zero-order valence-electron chi connectivity index (χ0n) is 17.5. The molecule has 9 heteroatoms. The summed E-state index contributed by atoms with van der Waals surface area (Å²) in [7, 11) is 0. The van der Waals surface area contributed by atoms with E-state index in [1.54, 1.807) is 4.90 Å². The molecule has 2 aromatic carbocycles. The van der Waals surface area contributed by atoms with Gasteiger partial charge in [0.25, 0.3) is 5.91 Å². The van der Waals surface area contributed by atoms with Crippen LogP contribution in [0, 0.1) is 0 Å². The molecule has 1 amide bonds. The fourth-order valence-electron chi connectivity index (χ4n) is 3.41. The van der Waals surface area contributed by atoms with Crippen molar-refractivity contribution in [1.82, 2.24) is 9.88 Å². The van der Waals surface area contributed by atoms with Crippen molar-refractivity contribution in [3.05, 3.63) is 46.4 Å². The second-order valence-corrected chi connectivity index (χ2v) is 8.88. The van der Waals surface area contributed by atoms with Gasteiger partial charge in [-0.15, -0.1) is 12.4 Å². The molecule has 2 heterocycles. The molecular formula is C22H25BrClN3O3S. The van der Waals surface area contributed by atoms with Gasteiger partial charge >= 0.3 is 0 Å². The first-order valence-electron chi connectivity index (χ1n) is 10.1. The summed E-state index contributed by atoms with van der Waals surface area (Å²) in [5.74, 6) is 1.38. The lowest BCUT2D eigenvalue weighted by Crippen LogP contribution is -2.38. The number of nitrogens with zero attached hydrogens (tertiary/aromatic N) is 3. The van der Waals surface area contributed by atoms with Crippen LogP contribution in [-0.4, -0.2) is 55.2 Å². The Labute approximate surface area is 200 Å². The SMILES string of the molecule is CCN(CC)CCN(C(=O)c1cccc(Br)c1)c1nc2cc3c(cc2s1)OCCO3.Cl. The molecule has 3 aromatic rings. The van der Waals surface area contributed by atoms with Gasteiger partial charge in [-0.3, -0.25) is 9.69 Å². The van der Waals surface area contributed by atoms with Crippen LogP contribution in [0.1, 0.15) is 24.2 Å². The molecule has 4 rings (SSSR count). The Balaban J connectivity index is 0.00000272. The standard InChI is InChI=1S/C22H24BrN3O3S.ClH/c1-3-25(4-2)8-9-26(21(27)15-6-5-7-16(23)12-15)22-24-17-13-18-19(14-20(17)30-22)29-11-10-28-18;/h5-7,12-14H,3-4,8-11H2,1-2H3;1H. The molecule has 0 spiro atoms. The van der Waals surface area contributed by atoms with Gasteiger partial charge in [-0.05, 0) is 31.3 Å². The van der Waals surface area contributed by atoms with E-state index < -0.39 is 0 Å². The minimum atomic E-state index is -0.0558. The molecule has 1 aliphatic heterocycles. The second kappa shape index (κ2) is 10.6. The van der Waals surface area contributed by atoms with Gasteiger partial charge in [0, 0.05) is 35.3 Å². The molecule has 6 nitrogen and oxygen atoms in total. The first-order chi connectivity index (χ1) is 14.6. The molecule has 0 saturated heterocycles. The molecule has 166 valence electrons. The number of likely N-dealkylation sites (N-methyl/N-ethyl adjacent to an activating group) is 1. The lowest BCUT2D eigenvalue weighted by atomic mass is 10.2. The molecule has 0 atom stereocenters. The fraction of sp³-hybridized carbons (Fsp3) is 0.364. The lowest BCUT2D eigenvalue weighted by molar-refractivity contribution is 0.0983. The van der Waals surface area contributed by atoms with E-state index in [0.717, 1.165) is 40.1 Å². The quantitative estimate of drug-likeness (QED) is 0.421. The Morgan fingerprint density at radius 1 is 1.10 bits per heavy atom. The van der Waals surface area contributed by atoms with Crippen molar-refractivity contribution >= 4 is 60.9 Å². The summed E-state index contributed by atoms with van der Waals surface area (Å²) in [4.78, 5) is 22.3. The van der Waals surface area contributed by atoms with Gasteiger partial charge in [0.05, 0.1) is 10.2 Å². The van der Waals surface area contributed by atoms with Gasteiger partial charge in [0.1, 0.15) is 13.2 Å². The Morgan fingerprint density at radius 3 is 2.48 bits per heavy atom. The molecule has 1 aliphatic rings. The first-order valence-corrected chi connectivity index (χ1v) is 11.7. The van der Waals surface area contributed by atoms with Crippen molar-refractivity contribution in [3.63, 3.8) is 0 Å². The number of hydrogen-bond acceptors (Lipinski definition) is 6. The van der Waals surface area contributed by atoms with E-state index in [2.05, 4.69) is 34.7 Å². The van der Waals surface area contributed by atoms with Crippen molar-refractivity contribution < 1.29 is 14.3 Å². The minimum Gasteiger partial charge on any atom is -0.486 e. The van der Waals surface area contributed by atoms with E-state index in [9.17, 15) is 4.79 Å². The lowest BCUT2D eigenvalue weighted by Gasteiger charge is -2.24. The molecule has 0 unspecified atom stereocenters. The smallest absolute Gasteiger partial charge is 0.260 e. The summed E-state index contributed by atoms with van der Waals surface area (Å²) in [5, 5.41) is 0.685. The summed E-state index contributed by atoms with van der Waals surface area (Å²) in [5.41, 5.74) is 1.45. The van der Waals surface area contributed by atoms with E-state index >= 15 is 0 Å². The zero-order valence-corrected chi connectivity index (χ0v) is 20.7. The number of amides is 1. The summed E-state index contributed by atoms with van der Waals surface area (Å²) < 4.78 is 13.2. The van der Waals surface area contributed by atoms with Gasteiger partial charge in [-0.1, -0.05) is 47.2 Å². The van der Waals surface area contributed by atoms with Crippen LogP contribution in [0.4, 0.5) is 5.13 Å². The number of fused-ring (bicyclic) bond motifs is 2. The largest absolute Gasteiger partial charge is 0.486 e. The molecule has 1 aromatic heterocycles. The highest BCUT2D eigenvalue weighted by Gasteiger charge is 2.23. The Kier molecular flexibility index (Phi) is 8.16.